The SMILES string of the molecule is COc1cc(C2CC2C)ccc1-c1cc(=O)[nH]c(=S)n1CC1CCCCCO1. The molecule has 0 radical (unpaired) electrons. The summed E-state index contributed by atoms with van der Waals surface area (Å²) in [7, 11) is 1.68. The third kappa shape index (κ3) is 4.08. The van der Waals surface area contributed by atoms with Gasteiger partial charge >= 0.3 is 0 Å². The quantitative estimate of drug-likeness (QED) is 0.742. The molecule has 0 bridgehead atoms. The molecule has 3 unspecified atom stereocenters. The molecule has 1 aliphatic heterocycles. The summed E-state index contributed by atoms with van der Waals surface area (Å²) < 4.78 is 14.1. The first-order valence-corrected chi connectivity index (χ1v) is 10.6. The van der Waals surface area contributed by atoms with Gasteiger partial charge in [-0.2, -0.15) is 0 Å². The van der Waals surface area contributed by atoms with E-state index in [1.165, 1.54) is 18.4 Å². The van der Waals surface area contributed by atoms with Crippen molar-refractivity contribution in [1.82, 2.24) is 9.55 Å². The van der Waals surface area contributed by atoms with E-state index >= 15 is 0 Å². The summed E-state index contributed by atoms with van der Waals surface area (Å²) in [5, 5.41) is 0. The van der Waals surface area contributed by atoms with Gasteiger partial charge in [0, 0.05) is 18.2 Å². The second-order valence-electron chi connectivity index (χ2n) is 8.06. The van der Waals surface area contributed by atoms with E-state index in [0.717, 1.165) is 48.8 Å². The van der Waals surface area contributed by atoms with Gasteiger partial charge in [-0.05, 0) is 61.0 Å². The third-order valence-corrected chi connectivity index (χ3v) is 6.31. The molecule has 3 atom stereocenters. The lowest BCUT2D eigenvalue weighted by molar-refractivity contribution is 0.0465. The Bertz CT molecular complexity index is 957. The van der Waals surface area contributed by atoms with Crippen LogP contribution in [0, 0.1) is 10.7 Å². The fraction of sp³-hybridized carbons (Fsp3) is 0.545. The van der Waals surface area contributed by atoms with Crippen LogP contribution in [0.1, 0.15) is 50.5 Å². The first-order valence-electron chi connectivity index (χ1n) is 10.2. The van der Waals surface area contributed by atoms with E-state index in [1.807, 2.05) is 4.57 Å². The summed E-state index contributed by atoms with van der Waals surface area (Å²) in [5.41, 5.74) is 2.79. The van der Waals surface area contributed by atoms with Crippen molar-refractivity contribution in [3.05, 3.63) is 45.0 Å². The lowest BCUT2D eigenvalue weighted by Gasteiger charge is -2.21. The molecule has 1 N–H and O–H groups in total. The van der Waals surface area contributed by atoms with Crippen LogP contribution in [-0.4, -0.2) is 29.4 Å². The third-order valence-electron chi connectivity index (χ3n) is 5.98. The van der Waals surface area contributed by atoms with Gasteiger partial charge in [-0.3, -0.25) is 9.78 Å². The van der Waals surface area contributed by atoms with Gasteiger partial charge in [0.2, 0.25) is 0 Å². The lowest BCUT2D eigenvalue weighted by Crippen LogP contribution is -2.24. The molecule has 2 heterocycles. The molecular formula is C22H28N2O3S. The van der Waals surface area contributed by atoms with Gasteiger partial charge in [0.25, 0.3) is 5.56 Å². The molecule has 1 saturated carbocycles. The predicted molar refractivity (Wildman–Crippen MR) is 113 cm³/mol. The lowest BCUT2D eigenvalue weighted by atomic mass is 10.0. The number of hydrogen-bond acceptors (Lipinski definition) is 4. The predicted octanol–water partition coefficient (Wildman–Crippen LogP) is 4.66. The maximum Gasteiger partial charge on any atom is 0.252 e. The molecule has 0 spiro atoms. The molecular weight excluding hydrogens is 372 g/mol. The molecule has 5 nitrogen and oxygen atoms in total. The second kappa shape index (κ2) is 8.21. The Morgan fingerprint density at radius 2 is 2.11 bits per heavy atom. The van der Waals surface area contributed by atoms with E-state index in [1.54, 1.807) is 13.2 Å². The monoisotopic (exact) mass is 400 g/mol. The highest BCUT2D eigenvalue weighted by Gasteiger charge is 2.34. The number of aromatic nitrogens is 2. The van der Waals surface area contributed by atoms with Gasteiger partial charge in [-0.1, -0.05) is 25.8 Å². The molecule has 2 aliphatic rings. The number of methoxy groups -OCH3 is 1. The summed E-state index contributed by atoms with van der Waals surface area (Å²) in [5.74, 6) is 2.13. The van der Waals surface area contributed by atoms with E-state index in [9.17, 15) is 4.79 Å². The number of aromatic amines is 1. The Kier molecular flexibility index (Phi) is 5.69. The fourth-order valence-electron chi connectivity index (χ4n) is 4.19. The molecule has 6 heteroatoms. The van der Waals surface area contributed by atoms with Crippen LogP contribution < -0.4 is 10.3 Å². The minimum Gasteiger partial charge on any atom is -0.496 e. The Morgan fingerprint density at radius 1 is 1.29 bits per heavy atom. The van der Waals surface area contributed by atoms with Gasteiger partial charge in [-0.15, -0.1) is 0 Å². The molecule has 2 aromatic rings. The van der Waals surface area contributed by atoms with E-state index in [0.29, 0.717) is 17.2 Å². The van der Waals surface area contributed by atoms with Crippen LogP contribution in [0.15, 0.2) is 29.1 Å². The van der Waals surface area contributed by atoms with Crippen LogP contribution in [0.2, 0.25) is 0 Å². The fourth-order valence-corrected chi connectivity index (χ4v) is 4.47. The number of H-pyrrole nitrogens is 1. The molecule has 1 saturated heterocycles. The van der Waals surface area contributed by atoms with Crippen molar-refractivity contribution < 1.29 is 9.47 Å². The van der Waals surface area contributed by atoms with E-state index < -0.39 is 0 Å². The van der Waals surface area contributed by atoms with Gasteiger partial charge < -0.3 is 14.0 Å². The van der Waals surface area contributed by atoms with E-state index in [2.05, 4.69) is 30.1 Å². The van der Waals surface area contributed by atoms with Crippen LogP contribution in [0.3, 0.4) is 0 Å². The molecule has 4 rings (SSSR count). The molecule has 28 heavy (non-hydrogen) atoms. The van der Waals surface area contributed by atoms with Crippen molar-refractivity contribution in [3.63, 3.8) is 0 Å². The highest BCUT2D eigenvalue weighted by atomic mass is 32.1. The largest absolute Gasteiger partial charge is 0.496 e. The van der Waals surface area contributed by atoms with Crippen molar-refractivity contribution in [2.75, 3.05) is 13.7 Å². The number of hydrogen-bond donors (Lipinski definition) is 1. The zero-order valence-electron chi connectivity index (χ0n) is 16.6. The Balaban J connectivity index is 1.74. The van der Waals surface area contributed by atoms with Crippen LogP contribution >= 0.6 is 12.2 Å². The standard InChI is InChI=1S/C22H28N2O3S/c1-14-10-18(14)15-7-8-17(20(11-15)26-2)19-12-21(25)23-22(28)24(19)13-16-6-4-3-5-9-27-16/h7-8,11-12,14,16,18H,3-6,9-10,13H2,1-2H3,(H,23,25,28). The molecule has 0 amide bonds. The highest BCUT2D eigenvalue weighted by Crippen LogP contribution is 2.48. The van der Waals surface area contributed by atoms with Crippen molar-refractivity contribution in [2.45, 2.75) is 57.6 Å². The number of nitrogens with zero attached hydrogens (tertiary/aromatic N) is 1. The van der Waals surface area contributed by atoms with Crippen molar-refractivity contribution in [1.29, 1.82) is 0 Å². The van der Waals surface area contributed by atoms with Crippen molar-refractivity contribution in [3.8, 4) is 17.0 Å². The van der Waals surface area contributed by atoms with Crippen molar-refractivity contribution >= 4 is 12.2 Å². The molecule has 1 aromatic carbocycles. The summed E-state index contributed by atoms with van der Waals surface area (Å²) in [6.45, 7) is 3.69. The van der Waals surface area contributed by atoms with Crippen LogP contribution in [-0.2, 0) is 11.3 Å². The van der Waals surface area contributed by atoms with Gasteiger partial charge in [0.1, 0.15) is 5.75 Å². The van der Waals surface area contributed by atoms with Gasteiger partial charge in [0.05, 0.1) is 25.5 Å². The van der Waals surface area contributed by atoms with Crippen LogP contribution in [0.4, 0.5) is 0 Å². The Morgan fingerprint density at radius 3 is 2.86 bits per heavy atom. The highest BCUT2D eigenvalue weighted by molar-refractivity contribution is 7.71. The first kappa shape index (κ1) is 19.4. The number of benzene rings is 1. The van der Waals surface area contributed by atoms with Crippen molar-refractivity contribution in [2.24, 2.45) is 5.92 Å². The van der Waals surface area contributed by atoms with Gasteiger partial charge in [-0.25, -0.2) is 0 Å². The molecule has 150 valence electrons. The summed E-state index contributed by atoms with van der Waals surface area (Å²) in [4.78, 5) is 15.0. The zero-order chi connectivity index (χ0) is 19.7. The minimum atomic E-state index is -0.194. The van der Waals surface area contributed by atoms with E-state index in [-0.39, 0.29) is 11.7 Å². The van der Waals surface area contributed by atoms with E-state index in [4.69, 9.17) is 21.7 Å². The molecule has 1 aliphatic carbocycles. The topological polar surface area (TPSA) is 56.2 Å². The normalized spacial score (nSPS) is 24.6. The zero-order valence-corrected chi connectivity index (χ0v) is 17.4. The summed E-state index contributed by atoms with van der Waals surface area (Å²) >= 11 is 5.51. The molecule has 2 fully saturated rings. The Hall–Kier alpha value is -1.92. The average Bonchev–Trinajstić information content (AvgIpc) is 3.46. The number of ether oxygens (including phenoxy) is 2. The van der Waals surface area contributed by atoms with Crippen LogP contribution in [0.5, 0.6) is 5.75 Å². The molecule has 1 aromatic heterocycles. The maximum absolute atomic E-state index is 12.2. The summed E-state index contributed by atoms with van der Waals surface area (Å²) in [6.07, 6.45) is 5.81. The van der Waals surface area contributed by atoms with Gasteiger partial charge in [0.15, 0.2) is 4.77 Å². The average molecular weight is 401 g/mol. The minimum absolute atomic E-state index is 0.108. The second-order valence-corrected chi connectivity index (χ2v) is 8.44. The number of nitrogens with one attached hydrogen (secondary N) is 1. The smallest absolute Gasteiger partial charge is 0.252 e. The summed E-state index contributed by atoms with van der Waals surface area (Å²) in [6, 6.07) is 7.94. The maximum atomic E-state index is 12.2. The number of rotatable bonds is 5. The first-order chi connectivity index (χ1) is 13.6. The Labute approximate surface area is 170 Å². The van der Waals surface area contributed by atoms with Crippen LogP contribution in [0.25, 0.3) is 11.3 Å².